The molecule has 4 nitrogen and oxygen atoms in total. The SMILES string of the molecule is COc1ccc(NCC(CN)OC)cc1. The molecule has 0 saturated carbocycles. The topological polar surface area (TPSA) is 56.5 Å². The van der Waals surface area contributed by atoms with Crippen molar-refractivity contribution in [3.05, 3.63) is 24.3 Å². The van der Waals surface area contributed by atoms with Gasteiger partial charge in [-0.3, -0.25) is 0 Å². The van der Waals surface area contributed by atoms with Gasteiger partial charge in [0.05, 0.1) is 13.2 Å². The zero-order chi connectivity index (χ0) is 11.1. The van der Waals surface area contributed by atoms with Crippen LogP contribution in [0.4, 0.5) is 5.69 Å². The first-order valence-electron chi connectivity index (χ1n) is 4.91. The van der Waals surface area contributed by atoms with Crippen LogP contribution in [0, 0.1) is 0 Å². The average Bonchev–Trinajstić information content (AvgIpc) is 2.31. The molecule has 0 aliphatic carbocycles. The average molecular weight is 210 g/mol. The smallest absolute Gasteiger partial charge is 0.119 e. The van der Waals surface area contributed by atoms with Gasteiger partial charge in [0.15, 0.2) is 0 Å². The maximum Gasteiger partial charge on any atom is 0.119 e. The molecule has 0 amide bonds. The molecule has 1 rings (SSSR count). The van der Waals surface area contributed by atoms with Crippen LogP contribution in [0.3, 0.4) is 0 Å². The molecule has 0 bridgehead atoms. The molecule has 0 aromatic heterocycles. The zero-order valence-corrected chi connectivity index (χ0v) is 9.19. The fraction of sp³-hybridized carbons (Fsp3) is 0.455. The van der Waals surface area contributed by atoms with Gasteiger partial charge < -0.3 is 20.5 Å². The summed E-state index contributed by atoms with van der Waals surface area (Å²) in [5.74, 6) is 0.850. The third-order valence-corrected chi connectivity index (χ3v) is 2.22. The van der Waals surface area contributed by atoms with Crippen molar-refractivity contribution in [2.24, 2.45) is 5.73 Å². The summed E-state index contributed by atoms with van der Waals surface area (Å²) in [6.07, 6.45) is 0.0482. The van der Waals surface area contributed by atoms with E-state index in [4.69, 9.17) is 15.2 Å². The van der Waals surface area contributed by atoms with Gasteiger partial charge in [-0.25, -0.2) is 0 Å². The minimum absolute atomic E-state index is 0.0482. The van der Waals surface area contributed by atoms with E-state index in [1.165, 1.54) is 0 Å². The van der Waals surface area contributed by atoms with Crippen molar-refractivity contribution in [1.82, 2.24) is 0 Å². The van der Waals surface area contributed by atoms with E-state index in [0.717, 1.165) is 11.4 Å². The van der Waals surface area contributed by atoms with Gasteiger partial charge in [0.2, 0.25) is 0 Å². The fourth-order valence-electron chi connectivity index (χ4n) is 1.20. The van der Waals surface area contributed by atoms with Gasteiger partial charge >= 0.3 is 0 Å². The lowest BCUT2D eigenvalue weighted by Gasteiger charge is -2.14. The first kappa shape index (κ1) is 11.8. The second-order valence-electron chi connectivity index (χ2n) is 3.20. The quantitative estimate of drug-likeness (QED) is 0.737. The molecule has 0 saturated heterocycles. The molecule has 0 radical (unpaired) electrons. The van der Waals surface area contributed by atoms with E-state index in [1.54, 1.807) is 14.2 Å². The third kappa shape index (κ3) is 3.77. The number of hydrogen-bond acceptors (Lipinski definition) is 4. The summed E-state index contributed by atoms with van der Waals surface area (Å²) in [6, 6.07) is 7.74. The summed E-state index contributed by atoms with van der Waals surface area (Å²) in [5, 5.41) is 3.24. The Balaban J connectivity index is 2.43. The Kier molecular flexibility index (Phi) is 4.93. The van der Waals surface area contributed by atoms with Gasteiger partial charge in [0.1, 0.15) is 5.75 Å². The summed E-state index contributed by atoms with van der Waals surface area (Å²) in [6.45, 7) is 1.22. The number of hydrogen-bond donors (Lipinski definition) is 2. The molecule has 3 N–H and O–H groups in total. The van der Waals surface area contributed by atoms with Crippen LogP contribution in [0.1, 0.15) is 0 Å². The fourth-order valence-corrected chi connectivity index (χ4v) is 1.20. The molecule has 4 heteroatoms. The molecule has 1 aromatic carbocycles. The Hall–Kier alpha value is -1.26. The molecule has 1 unspecified atom stereocenters. The van der Waals surface area contributed by atoms with Crippen molar-refractivity contribution in [3.63, 3.8) is 0 Å². The van der Waals surface area contributed by atoms with Crippen LogP contribution in [0.5, 0.6) is 5.75 Å². The highest BCUT2D eigenvalue weighted by molar-refractivity contribution is 5.46. The highest BCUT2D eigenvalue weighted by Crippen LogP contribution is 2.14. The van der Waals surface area contributed by atoms with E-state index >= 15 is 0 Å². The first-order valence-corrected chi connectivity index (χ1v) is 4.91. The molecule has 0 heterocycles. The summed E-state index contributed by atoms with van der Waals surface area (Å²) in [4.78, 5) is 0. The van der Waals surface area contributed by atoms with Crippen LogP contribution in [0.15, 0.2) is 24.3 Å². The summed E-state index contributed by atoms with van der Waals surface area (Å²) in [5.41, 5.74) is 6.54. The molecular weight excluding hydrogens is 192 g/mol. The summed E-state index contributed by atoms with van der Waals surface area (Å²) in [7, 11) is 3.31. The van der Waals surface area contributed by atoms with E-state index in [-0.39, 0.29) is 6.10 Å². The number of nitrogens with one attached hydrogen (secondary N) is 1. The van der Waals surface area contributed by atoms with Gasteiger partial charge in [-0.2, -0.15) is 0 Å². The number of methoxy groups -OCH3 is 2. The Morgan fingerprint density at radius 3 is 2.40 bits per heavy atom. The van der Waals surface area contributed by atoms with Crippen molar-refractivity contribution in [3.8, 4) is 5.75 Å². The molecule has 0 aliphatic heterocycles. The molecule has 1 atom stereocenters. The van der Waals surface area contributed by atoms with Crippen LogP contribution in [0.2, 0.25) is 0 Å². The number of rotatable bonds is 6. The highest BCUT2D eigenvalue weighted by Gasteiger charge is 2.03. The third-order valence-electron chi connectivity index (χ3n) is 2.22. The van der Waals surface area contributed by atoms with Crippen LogP contribution in [0.25, 0.3) is 0 Å². The first-order chi connectivity index (χ1) is 7.30. The molecule has 15 heavy (non-hydrogen) atoms. The molecule has 84 valence electrons. The number of nitrogens with two attached hydrogens (primary N) is 1. The van der Waals surface area contributed by atoms with Crippen LogP contribution >= 0.6 is 0 Å². The van der Waals surface area contributed by atoms with E-state index < -0.39 is 0 Å². The Morgan fingerprint density at radius 1 is 1.27 bits per heavy atom. The maximum atomic E-state index is 5.51. The molecule has 0 spiro atoms. The van der Waals surface area contributed by atoms with Crippen molar-refractivity contribution in [2.75, 3.05) is 32.6 Å². The van der Waals surface area contributed by atoms with E-state index in [2.05, 4.69) is 5.32 Å². The zero-order valence-electron chi connectivity index (χ0n) is 9.19. The lowest BCUT2D eigenvalue weighted by atomic mass is 10.3. The minimum atomic E-state index is 0.0482. The van der Waals surface area contributed by atoms with Gasteiger partial charge in [-0.05, 0) is 24.3 Å². The standard InChI is InChI=1S/C11H18N2O2/c1-14-10-5-3-9(4-6-10)13-8-11(7-12)15-2/h3-6,11,13H,7-8,12H2,1-2H3. The Labute approximate surface area is 90.4 Å². The summed E-state index contributed by atoms with van der Waals surface area (Å²) >= 11 is 0. The van der Waals surface area contributed by atoms with E-state index in [0.29, 0.717) is 13.1 Å². The van der Waals surface area contributed by atoms with Crippen molar-refractivity contribution in [1.29, 1.82) is 0 Å². The lowest BCUT2D eigenvalue weighted by molar-refractivity contribution is 0.120. The normalized spacial score (nSPS) is 12.2. The highest BCUT2D eigenvalue weighted by atomic mass is 16.5. The van der Waals surface area contributed by atoms with Gasteiger partial charge in [0.25, 0.3) is 0 Å². The number of benzene rings is 1. The number of ether oxygens (including phenoxy) is 2. The molecule has 0 aliphatic rings. The van der Waals surface area contributed by atoms with Gasteiger partial charge in [-0.15, -0.1) is 0 Å². The van der Waals surface area contributed by atoms with Crippen molar-refractivity contribution < 1.29 is 9.47 Å². The van der Waals surface area contributed by atoms with Gasteiger partial charge in [-0.1, -0.05) is 0 Å². The molecular formula is C11H18N2O2. The van der Waals surface area contributed by atoms with Crippen LogP contribution in [-0.4, -0.2) is 33.4 Å². The number of anilines is 1. The largest absolute Gasteiger partial charge is 0.497 e. The van der Waals surface area contributed by atoms with Crippen LogP contribution in [-0.2, 0) is 4.74 Å². The second-order valence-corrected chi connectivity index (χ2v) is 3.20. The van der Waals surface area contributed by atoms with Crippen molar-refractivity contribution >= 4 is 5.69 Å². The molecule has 1 aromatic rings. The van der Waals surface area contributed by atoms with Crippen LogP contribution < -0.4 is 15.8 Å². The maximum absolute atomic E-state index is 5.51. The second kappa shape index (κ2) is 6.27. The van der Waals surface area contributed by atoms with Gasteiger partial charge in [0, 0.05) is 25.9 Å². The van der Waals surface area contributed by atoms with E-state index in [1.807, 2.05) is 24.3 Å². The predicted molar refractivity (Wildman–Crippen MR) is 61.3 cm³/mol. The predicted octanol–water partition coefficient (Wildman–Crippen LogP) is 1.08. The Bertz CT molecular complexity index is 270. The van der Waals surface area contributed by atoms with E-state index in [9.17, 15) is 0 Å². The van der Waals surface area contributed by atoms with Crippen molar-refractivity contribution in [2.45, 2.75) is 6.10 Å². The molecule has 0 fully saturated rings. The minimum Gasteiger partial charge on any atom is -0.497 e. The lowest BCUT2D eigenvalue weighted by Crippen LogP contribution is -2.29. The monoisotopic (exact) mass is 210 g/mol. The summed E-state index contributed by atoms with van der Waals surface area (Å²) < 4.78 is 10.2. The Morgan fingerprint density at radius 2 is 1.93 bits per heavy atom.